The summed E-state index contributed by atoms with van der Waals surface area (Å²) in [4.78, 5) is 12.8. The lowest BCUT2D eigenvalue weighted by molar-refractivity contribution is -0.959. The Kier molecular flexibility index (Phi) is 2.17. The highest BCUT2D eigenvalue weighted by atomic mass is 16.5. The average molecular weight is 328 g/mol. The number of morpholine rings is 1. The first-order chi connectivity index (χ1) is 11.5. The van der Waals surface area contributed by atoms with Gasteiger partial charge in [0.05, 0.1) is 25.6 Å². The van der Waals surface area contributed by atoms with E-state index < -0.39 is 11.5 Å². The number of carbonyl (C=O) groups is 1. The number of aromatic hydroxyl groups is 1. The van der Waals surface area contributed by atoms with E-state index in [2.05, 4.69) is 7.05 Å². The van der Waals surface area contributed by atoms with Crippen LogP contribution in [0, 0.1) is 0 Å². The van der Waals surface area contributed by atoms with E-state index in [0.717, 1.165) is 49.0 Å². The molecule has 6 rings (SSSR count). The SMILES string of the molecule is C[N+]12CCO[C@@]34CCC(=O)[C@@H]5Oc6c(O)ccc(c6[C@@]53CC1)C[C@H]42. The number of benzene rings is 1. The zero-order chi connectivity index (χ0) is 16.3. The molecule has 3 fully saturated rings. The van der Waals surface area contributed by atoms with Crippen molar-refractivity contribution in [1.29, 1.82) is 0 Å². The number of carbonyl (C=O) groups excluding carboxylic acids is 1. The third kappa shape index (κ3) is 1.16. The molecule has 5 atom stereocenters. The van der Waals surface area contributed by atoms with Gasteiger partial charge < -0.3 is 19.1 Å². The minimum atomic E-state index is -0.483. The first-order valence-corrected chi connectivity index (χ1v) is 9.05. The van der Waals surface area contributed by atoms with E-state index in [1.165, 1.54) is 5.56 Å². The molecule has 5 nitrogen and oxygen atoms in total. The Morgan fingerprint density at radius 3 is 3.04 bits per heavy atom. The topological polar surface area (TPSA) is 55.8 Å². The van der Waals surface area contributed by atoms with E-state index in [0.29, 0.717) is 18.2 Å². The Bertz CT molecular complexity index is 807. The van der Waals surface area contributed by atoms with Gasteiger partial charge in [0.15, 0.2) is 23.4 Å². The highest BCUT2D eigenvalue weighted by Crippen LogP contribution is 2.67. The van der Waals surface area contributed by atoms with Crippen LogP contribution in [0.1, 0.15) is 30.4 Å². The fraction of sp³-hybridized carbons (Fsp3) is 0.632. The van der Waals surface area contributed by atoms with Crippen molar-refractivity contribution in [3.8, 4) is 11.5 Å². The van der Waals surface area contributed by atoms with E-state index in [9.17, 15) is 9.90 Å². The number of hydrogen-bond acceptors (Lipinski definition) is 4. The molecular formula is C19H22NO4+. The van der Waals surface area contributed by atoms with E-state index >= 15 is 0 Å². The monoisotopic (exact) mass is 328 g/mol. The van der Waals surface area contributed by atoms with Gasteiger partial charge >= 0.3 is 0 Å². The Hall–Kier alpha value is -1.59. The molecule has 0 aromatic heterocycles. The molecule has 2 spiro atoms. The van der Waals surface area contributed by atoms with Gasteiger partial charge in [-0.15, -0.1) is 0 Å². The molecule has 5 heteroatoms. The van der Waals surface area contributed by atoms with Crippen molar-refractivity contribution in [2.45, 2.75) is 48.8 Å². The van der Waals surface area contributed by atoms with Gasteiger partial charge in [0, 0.05) is 24.8 Å². The normalized spacial score (nSPS) is 47.1. The van der Waals surface area contributed by atoms with Crippen LogP contribution < -0.4 is 4.74 Å². The fourth-order valence-corrected chi connectivity index (χ4v) is 6.79. The van der Waals surface area contributed by atoms with Gasteiger partial charge in [0.2, 0.25) is 0 Å². The Balaban J connectivity index is 1.73. The average Bonchev–Trinajstić information content (AvgIpc) is 2.92. The number of piperidine rings is 1. The molecule has 1 aromatic carbocycles. The molecule has 2 saturated heterocycles. The largest absolute Gasteiger partial charge is 0.504 e. The summed E-state index contributed by atoms with van der Waals surface area (Å²) in [6.45, 7) is 2.85. The van der Waals surface area contributed by atoms with Crippen molar-refractivity contribution in [2.75, 3.05) is 26.7 Å². The molecule has 2 aliphatic carbocycles. The van der Waals surface area contributed by atoms with Crippen LogP contribution in [0.25, 0.3) is 0 Å². The molecule has 24 heavy (non-hydrogen) atoms. The first kappa shape index (κ1) is 13.7. The zero-order valence-electron chi connectivity index (χ0n) is 13.9. The number of likely N-dealkylation sites (N-methyl/N-ethyl adjacent to an activating group) is 1. The van der Waals surface area contributed by atoms with Crippen LogP contribution in [0.3, 0.4) is 0 Å². The van der Waals surface area contributed by atoms with E-state index in [1.807, 2.05) is 6.07 Å². The third-order valence-electron chi connectivity index (χ3n) is 7.83. The lowest BCUT2D eigenvalue weighted by Gasteiger charge is -2.68. The second-order valence-corrected chi connectivity index (χ2v) is 8.52. The van der Waals surface area contributed by atoms with Crippen molar-refractivity contribution in [1.82, 2.24) is 0 Å². The summed E-state index contributed by atoms with van der Waals surface area (Å²) in [7, 11) is 2.36. The van der Waals surface area contributed by atoms with E-state index in [-0.39, 0.29) is 17.1 Å². The maximum atomic E-state index is 12.8. The van der Waals surface area contributed by atoms with Crippen LogP contribution in [0.2, 0.25) is 0 Å². The molecular weight excluding hydrogens is 306 g/mol. The number of rotatable bonds is 0. The molecule has 0 amide bonds. The number of quaternary nitrogens is 1. The second-order valence-electron chi connectivity index (χ2n) is 8.52. The van der Waals surface area contributed by atoms with Crippen LogP contribution >= 0.6 is 0 Å². The van der Waals surface area contributed by atoms with Crippen LogP contribution in [0.15, 0.2) is 12.1 Å². The van der Waals surface area contributed by atoms with Crippen molar-refractivity contribution >= 4 is 5.78 Å². The molecule has 1 aromatic rings. The predicted molar refractivity (Wildman–Crippen MR) is 85.2 cm³/mol. The number of nitrogens with zero attached hydrogens (tertiary/aromatic N) is 1. The number of ketones is 1. The maximum Gasteiger partial charge on any atom is 0.174 e. The van der Waals surface area contributed by atoms with E-state index in [4.69, 9.17) is 9.47 Å². The number of hydrogen-bond donors (Lipinski definition) is 1. The summed E-state index contributed by atoms with van der Waals surface area (Å²) < 4.78 is 13.8. The second kappa shape index (κ2) is 3.81. The highest BCUT2D eigenvalue weighted by molar-refractivity contribution is 5.90. The maximum absolute atomic E-state index is 12.8. The molecule has 3 heterocycles. The number of Topliss-reactive ketones (excluding diaryl/α,β-unsaturated/α-hetero) is 1. The summed E-state index contributed by atoms with van der Waals surface area (Å²) in [5.74, 6) is 0.890. The molecule has 5 aliphatic rings. The molecule has 4 bridgehead atoms. The van der Waals surface area contributed by atoms with Crippen molar-refractivity contribution < 1.29 is 23.9 Å². The van der Waals surface area contributed by atoms with Crippen molar-refractivity contribution in [2.24, 2.45) is 0 Å². The quantitative estimate of drug-likeness (QED) is 0.730. The minimum Gasteiger partial charge on any atom is -0.504 e. The van der Waals surface area contributed by atoms with Crippen molar-refractivity contribution in [3.05, 3.63) is 23.3 Å². The third-order valence-corrected chi connectivity index (χ3v) is 7.83. The van der Waals surface area contributed by atoms with Crippen LogP contribution in [-0.4, -0.2) is 59.9 Å². The van der Waals surface area contributed by atoms with Gasteiger partial charge in [-0.3, -0.25) is 4.79 Å². The summed E-state index contributed by atoms with van der Waals surface area (Å²) in [6, 6.07) is 4.14. The van der Waals surface area contributed by atoms with Crippen molar-refractivity contribution in [3.63, 3.8) is 0 Å². The molecule has 1 unspecified atom stereocenters. The minimum absolute atomic E-state index is 0.164. The molecule has 3 aliphatic heterocycles. The summed E-state index contributed by atoms with van der Waals surface area (Å²) in [6.07, 6.45) is 2.68. The summed E-state index contributed by atoms with van der Waals surface area (Å²) in [5.41, 5.74) is 1.62. The summed E-state index contributed by atoms with van der Waals surface area (Å²) in [5, 5.41) is 10.4. The van der Waals surface area contributed by atoms with Gasteiger partial charge in [0.1, 0.15) is 18.2 Å². The van der Waals surface area contributed by atoms with Crippen LogP contribution in [0.4, 0.5) is 0 Å². The van der Waals surface area contributed by atoms with E-state index in [1.54, 1.807) is 6.07 Å². The van der Waals surface area contributed by atoms with Gasteiger partial charge in [-0.2, -0.15) is 0 Å². The molecule has 1 saturated carbocycles. The molecule has 0 radical (unpaired) electrons. The Morgan fingerprint density at radius 1 is 1.29 bits per heavy atom. The lowest BCUT2D eigenvalue weighted by Crippen LogP contribution is -2.84. The number of phenolic OH excluding ortho intramolecular Hbond substituents is 1. The van der Waals surface area contributed by atoms with Crippen LogP contribution in [0.5, 0.6) is 11.5 Å². The first-order valence-electron chi connectivity index (χ1n) is 9.05. The number of ether oxygens (including phenoxy) is 2. The standard InChI is InChI=1S/C19H21NO4/c1-20-7-6-18-15-11-2-3-12(21)16(15)24-17(18)13(22)4-5-19(18,14(20)10-11)23-9-8-20/h2-3,14,17H,4-10H2,1H3/p+1/t14-,17+,18+,19-,20?/m1/s1. The van der Waals surface area contributed by atoms with Crippen LogP contribution in [-0.2, 0) is 21.4 Å². The van der Waals surface area contributed by atoms with Gasteiger partial charge in [0.25, 0.3) is 0 Å². The lowest BCUT2D eigenvalue weighted by atomic mass is 9.48. The smallest absolute Gasteiger partial charge is 0.174 e. The molecule has 1 N–H and O–H groups in total. The Labute approximate surface area is 140 Å². The fourth-order valence-electron chi connectivity index (χ4n) is 6.79. The highest BCUT2D eigenvalue weighted by Gasteiger charge is 2.78. The Morgan fingerprint density at radius 2 is 2.17 bits per heavy atom. The van der Waals surface area contributed by atoms with Gasteiger partial charge in [-0.05, 0) is 18.1 Å². The summed E-state index contributed by atoms with van der Waals surface area (Å²) >= 11 is 0. The zero-order valence-corrected chi connectivity index (χ0v) is 13.9. The van der Waals surface area contributed by atoms with Gasteiger partial charge in [-0.1, -0.05) is 6.07 Å². The number of phenols is 1. The van der Waals surface area contributed by atoms with Gasteiger partial charge in [-0.25, -0.2) is 0 Å². The molecule has 126 valence electrons. The predicted octanol–water partition coefficient (Wildman–Crippen LogP) is 1.30.